The second-order valence-corrected chi connectivity index (χ2v) is 5.28. The van der Waals surface area contributed by atoms with E-state index in [4.69, 9.17) is 0 Å². The highest BCUT2D eigenvalue weighted by atomic mass is 19.1. The summed E-state index contributed by atoms with van der Waals surface area (Å²) in [5, 5.41) is 16.5. The number of halogens is 1. The zero-order chi connectivity index (χ0) is 17.5. The molecule has 2 rings (SSSR count). The first-order valence-electron chi connectivity index (χ1n) is 7.31. The average Bonchev–Trinajstić information content (AvgIpc) is 2.54. The van der Waals surface area contributed by atoms with Crippen LogP contribution in [0.3, 0.4) is 0 Å². The van der Waals surface area contributed by atoms with Crippen LogP contribution in [0.15, 0.2) is 42.9 Å². The molecule has 0 saturated carbocycles. The van der Waals surface area contributed by atoms with E-state index in [1.54, 1.807) is 6.92 Å². The number of carbonyl (C=O) groups excluding carboxylic acids is 2. The molecule has 0 radical (unpaired) electrons. The summed E-state index contributed by atoms with van der Waals surface area (Å²) in [6, 6.07) is 5.36. The van der Waals surface area contributed by atoms with Crippen LogP contribution in [0.25, 0.3) is 0 Å². The number of hydrogen-bond acceptors (Lipinski definition) is 4. The lowest BCUT2D eigenvalue weighted by Crippen LogP contribution is -2.42. The van der Waals surface area contributed by atoms with Crippen LogP contribution in [0.2, 0.25) is 0 Å². The molecule has 0 fully saturated rings. The molecule has 0 bridgehead atoms. The quantitative estimate of drug-likeness (QED) is 0.588. The van der Waals surface area contributed by atoms with Crippen molar-refractivity contribution in [2.24, 2.45) is 0 Å². The van der Waals surface area contributed by atoms with E-state index in [9.17, 15) is 19.2 Å². The first-order chi connectivity index (χ1) is 11.4. The van der Waals surface area contributed by atoms with Gasteiger partial charge in [-0.3, -0.25) is 14.6 Å². The number of carbonyl (C=O) groups is 2. The fourth-order valence-electron chi connectivity index (χ4n) is 1.99. The Bertz CT molecular complexity index is 722. The Labute approximate surface area is 138 Å². The number of pyridine rings is 2. The second kappa shape index (κ2) is 8.00. The van der Waals surface area contributed by atoms with Gasteiger partial charge in [0.2, 0.25) is 5.91 Å². The Morgan fingerprint density at radius 2 is 2.17 bits per heavy atom. The maximum atomic E-state index is 12.8. The summed E-state index contributed by atoms with van der Waals surface area (Å²) in [6.45, 7) is 1.93. The summed E-state index contributed by atoms with van der Waals surface area (Å²) in [6.07, 6.45) is 3.52. The third-order valence-corrected chi connectivity index (χ3v) is 3.14. The van der Waals surface area contributed by atoms with Crippen LogP contribution >= 0.6 is 0 Å². The molecular formula is C16H17FN4O3. The highest BCUT2D eigenvalue weighted by Crippen LogP contribution is 1.99. The number of nitrogens with zero attached hydrogens (tertiary/aromatic N) is 2. The smallest absolute Gasteiger partial charge is 0.257 e. The zero-order valence-corrected chi connectivity index (χ0v) is 13.0. The second-order valence-electron chi connectivity index (χ2n) is 5.28. The molecule has 8 heteroatoms. The largest absolute Gasteiger partial charge is 0.619 e. The van der Waals surface area contributed by atoms with Gasteiger partial charge in [-0.25, -0.2) is 4.39 Å². The minimum absolute atomic E-state index is 0.0213. The van der Waals surface area contributed by atoms with Gasteiger partial charge in [-0.05, 0) is 25.1 Å². The van der Waals surface area contributed by atoms with E-state index >= 15 is 0 Å². The molecule has 0 aliphatic rings. The molecule has 126 valence electrons. The molecule has 1 atom stereocenters. The topological polar surface area (TPSA) is 98.0 Å². The van der Waals surface area contributed by atoms with E-state index in [1.807, 2.05) is 0 Å². The molecule has 2 amide bonds. The molecule has 2 N–H and O–H groups in total. The van der Waals surface area contributed by atoms with Crippen LogP contribution in [0, 0.1) is 11.0 Å². The predicted molar refractivity (Wildman–Crippen MR) is 83.2 cm³/mol. The summed E-state index contributed by atoms with van der Waals surface area (Å²) in [5.41, 5.74) is 0.691. The zero-order valence-electron chi connectivity index (χ0n) is 13.0. The molecule has 0 spiro atoms. The Balaban J connectivity index is 1.78. The van der Waals surface area contributed by atoms with Crippen LogP contribution in [-0.2, 0) is 11.2 Å². The van der Waals surface area contributed by atoms with Crippen molar-refractivity contribution in [2.45, 2.75) is 19.4 Å². The molecule has 0 aromatic carbocycles. The highest BCUT2D eigenvalue weighted by molar-refractivity contribution is 5.93. The Morgan fingerprint density at radius 3 is 2.83 bits per heavy atom. The van der Waals surface area contributed by atoms with Crippen molar-refractivity contribution in [1.29, 1.82) is 0 Å². The summed E-state index contributed by atoms with van der Waals surface area (Å²) in [4.78, 5) is 27.6. The number of amides is 2. The molecular weight excluding hydrogens is 315 g/mol. The lowest BCUT2D eigenvalue weighted by molar-refractivity contribution is -0.605. The maximum Gasteiger partial charge on any atom is 0.257 e. The van der Waals surface area contributed by atoms with Crippen LogP contribution in [-0.4, -0.2) is 29.4 Å². The number of rotatable bonds is 6. The van der Waals surface area contributed by atoms with Gasteiger partial charge in [-0.2, -0.15) is 4.73 Å². The van der Waals surface area contributed by atoms with Crippen molar-refractivity contribution in [3.05, 3.63) is 65.1 Å². The lowest BCUT2D eigenvalue weighted by atomic mass is 10.2. The van der Waals surface area contributed by atoms with Gasteiger partial charge >= 0.3 is 0 Å². The van der Waals surface area contributed by atoms with E-state index in [-0.39, 0.29) is 30.5 Å². The van der Waals surface area contributed by atoms with Gasteiger partial charge in [0.25, 0.3) is 5.91 Å². The predicted octanol–water partition coefficient (Wildman–Crippen LogP) is 0.331. The number of hydrogen-bond donors (Lipinski definition) is 2. The van der Waals surface area contributed by atoms with Gasteiger partial charge in [0, 0.05) is 24.3 Å². The Hall–Kier alpha value is -3.03. The van der Waals surface area contributed by atoms with Crippen molar-refractivity contribution in [2.75, 3.05) is 6.54 Å². The third-order valence-electron chi connectivity index (χ3n) is 3.14. The number of nitrogens with one attached hydrogen (secondary N) is 2. The van der Waals surface area contributed by atoms with Gasteiger partial charge in [0.05, 0.1) is 12.6 Å². The summed E-state index contributed by atoms with van der Waals surface area (Å²) in [7, 11) is 0. The van der Waals surface area contributed by atoms with Gasteiger partial charge in [0.1, 0.15) is 11.4 Å². The average molecular weight is 332 g/mol. The van der Waals surface area contributed by atoms with E-state index < -0.39 is 11.7 Å². The van der Waals surface area contributed by atoms with Crippen molar-refractivity contribution >= 4 is 11.8 Å². The molecule has 2 aromatic heterocycles. The van der Waals surface area contributed by atoms with E-state index in [1.165, 1.54) is 36.7 Å². The first-order valence-corrected chi connectivity index (χ1v) is 7.31. The van der Waals surface area contributed by atoms with Crippen LogP contribution in [0.4, 0.5) is 4.39 Å². The van der Waals surface area contributed by atoms with Gasteiger partial charge in [0.15, 0.2) is 12.4 Å². The van der Waals surface area contributed by atoms with Crippen molar-refractivity contribution in [3.8, 4) is 0 Å². The summed E-state index contributed by atoms with van der Waals surface area (Å²) in [5.74, 6) is -1.15. The van der Waals surface area contributed by atoms with Gasteiger partial charge in [-0.15, -0.1) is 0 Å². The van der Waals surface area contributed by atoms with E-state index in [2.05, 4.69) is 15.6 Å². The lowest BCUT2D eigenvalue weighted by Gasteiger charge is -2.14. The van der Waals surface area contributed by atoms with Crippen LogP contribution in [0.5, 0.6) is 0 Å². The molecule has 0 aliphatic carbocycles. The van der Waals surface area contributed by atoms with Gasteiger partial charge < -0.3 is 15.8 Å². The van der Waals surface area contributed by atoms with Gasteiger partial charge in [-0.1, -0.05) is 0 Å². The minimum atomic E-state index is -0.462. The molecule has 0 aliphatic heterocycles. The summed E-state index contributed by atoms with van der Waals surface area (Å²) >= 11 is 0. The van der Waals surface area contributed by atoms with Crippen molar-refractivity contribution < 1.29 is 18.7 Å². The molecule has 2 heterocycles. The Morgan fingerprint density at radius 1 is 1.38 bits per heavy atom. The third kappa shape index (κ3) is 5.31. The fourth-order valence-corrected chi connectivity index (χ4v) is 1.99. The fraction of sp³-hybridized carbons (Fsp3) is 0.250. The molecule has 24 heavy (non-hydrogen) atoms. The summed E-state index contributed by atoms with van der Waals surface area (Å²) < 4.78 is 13.3. The van der Waals surface area contributed by atoms with Crippen molar-refractivity contribution in [3.63, 3.8) is 0 Å². The first kappa shape index (κ1) is 17.3. The number of aromatic nitrogens is 2. The molecule has 7 nitrogen and oxygen atoms in total. The molecule has 0 unspecified atom stereocenters. The van der Waals surface area contributed by atoms with E-state index in [0.29, 0.717) is 10.4 Å². The van der Waals surface area contributed by atoms with Crippen molar-refractivity contribution in [1.82, 2.24) is 15.6 Å². The normalized spacial score (nSPS) is 11.6. The minimum Gasteiger partial charge on any atom is -0.619 e. The Kier molecular flexibility index (Phi) is 5.78. The standard InChI is InChI=1S/C16H17FN4O3/c1-11(8-19-16(23)12-3-2-6-21(24)10-12)20-15(22)7-14-5-4-13(17)9-18-14/h2-6,9-11H,7-8H2,1H3,(H,19,23)(H,20,22)/t11-/m0/s1. The SMILES string of the molecule is C[C@@H](CNC(=O)c1ccc[n+]([O-])c1)NC(=O)Cc1ccc(F)cn1. The van der Waals surface area contributed by atoms with Crippen LogP contribution < -0.4 is 15.4 Å². The monoisotopic (exact) mass is 332 g/mol. The maximum absolute atomic E-state index is 12.8. The molecule has 2 aromatic rings. The molecule has 0 saturated heterocycles. The van der Waals surface area contributed by atoms with E-state index in [0.717, 1.165) is 6.20 Å². The highest BCUT2D eigenvalue weighted by Gasteiger charge is 2.12. The van der Waals surface area contributed by atoms with Crippen LogP contribution in [0.1, 0.15) is 23.0 Å².